The maximum atomic E-state index is 5.18. The van der Waals surface area contributed by atoms with Crippen molar-refractivity contribution in [1.29, 1.82) is 0 Å². The Labute approximate surface area is 156 Å². The summed E-state index contributed by atoms with van der Waals surface area (Å²) in [5, 5.41) is 18.6. The number of hydrogen-bond donors (Lipinski definition) is 2. The van der Waals surface area contributed by atoms with Crippen molar-refractivity contribution >= 4 is 5.95 Å². The van der Waals surface area contributed by atoms with E-state index in [0.717, 1.165) is 34.0 Å². The molecule has 0 saturated carbocycles. The average Bonchev–Trinajstić information content (AvgIpc) is 3.22. The lowest BCUT2D eigenvalue weighted by atomic mass is 10.1. The first-order chi connectivity index (χ1) is 13.3. The van der Waals surface area contributed by atoms with Gasteiger partial charge in [-0.25, -0.2) is 4.98 Å². The summed E-state index contributed by atoms with van der Waals surface area (Å²) < 4.78 is 5.18. The van der Waals surface area contributed by atoms with Crippen LogP contribution in [0.5, 0.6) is 5.75 Å². The third-order valence-corrected chi connectivity index (χ3v) is 4.09. The Balaban J connectivity index is 1.45. The minimum absolute atomic E-state index is 0.451. The van der Waals surface area contributed by atoms with Gasteiger partial charge in [0.25, 0.3) is 0 Å². The number of aromatic amines is 1. The van der Waals surface area contributed by atoms with Crippen molar-refractivity contribution in [3.8, 4) is 28.3 Å². The van der Waals surface area contributed by atoms with Gasteiger partial charge in [0, 0.05) is 5.56 Å². The Morgan fingerprint density at radius 3 is 2.59 bits per heavy atom. The second-order valence-corrected chi connectivity index (χ2v) is 5.89. The van der Waals surface area contributed by atoms with E-state index in [1.165, 1.54) is 0 Å². The summed E-state index contributed by atoms with van der Waals surface area (Å²) in [6, 6.07) is 19.7. The normalized spacial score (nSPS) is 10.6. The van der Waals surface area contributed by atoms with Crippen LogP contribution in [0.4, 0.5) is 5.95 Å². The van der Waals surface area contributed by atoms with E-state index in [9.17, 15) is 0 Å². The van der Waals surface area contributed by atoms with Gasteiger partial charge in [-0.1, -0.05) is 30.3 Å². The maximum Gasteiger partial charge on any atom is 0.243 e. The number of aromatic nitrogens is 5. The van der Waals surface area contributed by atoms with Crippen LogP contribution in [0.3, 0.4) is 0 Å². The molecule has 0 aliphatic rings. The average molecular weight is 358 g/mol. The molecule has 4 aromatic rings. The second kappa shape index (κ2) is 7.65. The van der Waals surface area contributed by atoms with E-state index in [1.807, 2.05) is 60.7 Å². The molecule has 0 unspecified atom stereocenters. The van der Waals surface area contributed by atoms with Crippen LogP contribution in [-0.2, 0) is 6.54 Å². The first-order valence-corrected chi connectivity index (χ1v) is 8.49. The molecule has 2 N–H and O–H groups in total. The van der Waals surface area contributed by atoms with Crippen LogP contribution in [-0.4, -0.2) is 32.5 Å². The van der Waals surface area contributed by atoms with Crippen LogP contribution >= 0.6 is 0 Å². The van der Waals surface area contributed by atoms with Gasteiger partial charge in [0.05, 0.1) is 36.9 Å². The zero-order valence-electron chi connectivity index (χ0n) is 14.8. The molecule has 2 heterocycles. The van der Waals surface area contributed by atoms with Gasteiger partial charge in [-0.15, -0.1) is 5.10 Å². The predicted octanol–water partition coefficient (Wildman–Crippen LogP) is 3.55. The number of ether oxygens (including phenoxy) is 1. The molecular weight excluding hydrogens is 340 g/mol. The van der Waals surface area contributed by atoms with Crippen LogP contribution in [0.2, 0.25) is 0 Å². The highest BCUT2D eigenvalue weighted by Gasteiger charge is 2.06. The highest BCUT2D eigenvalue weighted by molar-refractivity contribution is 5.60. The van der Waals surface area contributed by atoms with Gasteiger partial charge >= 0.3 is 0 Å². The standard InChI is InChI=1S/C20H18N6O/c1-27-17-9-7-15(8-10-17)19-13-22-26-20(23-19)21-12-16-11-18(25-24-16)14-5-3-2-4-6-14/h2-11,13H,12H2,1H3,(H,24,25)(H,21,23,26). The fraction of sp³-hybridized carbons (Fsp3) is 0.100. The van der Waals surface area contributed by atoms with Crippen molar-refractivity contribution < 1.29 is 4.74 Å². The van der Waals surface area contributed by atoms with Gasteiger partial charge < -0.3 is 10.1 Å². The number of anilines is 1. The van der Waals surface area contributed by atoms with Crippen LogP contribution in [0, 0.1) is 0 Å². The molecule has 7 heteroatoms. The summed E-state index contributed by atoms with van der Waals surface area (Å²) in [7, 11) is 1.64. The van der Waals surface area contributed by atoms with Crippen LogP contribution in [0.25, 0.3) is 22.5 Å². The first-order valence-electron chi connectivity index (χ1n) is 8.49. The van der Waals surface area contributed by atoms with Crippen LogP contribution < -0.4 is 10.1 Å². The highest BCUT2D eigenvalue weighted by Crippen LogP contribution is 2.21. The number of methoxy groups -OCH3 is 1. The number of rotatable bonds is 6. The van der Waals surface area contributed by atoms with E-state index in [1.54, 1.807) is 13.3 Å². The molecule has 0 saturated heterocycles. The molecule has 4 rings (SSSR count). The van der Waals surface area contributed by atoms with Gasteiger partial charge in [-0.3, -0.25) is 5.10 Å². The lowest BCUT2D eigenvalue weighted by Gasteiger charge is -2.05. The Morgan fingerprint density at radius 2 is 1.81 bits per heavy atom. The van der Waals surface area contributed by atoms with Gasteiger partial charge in [0.15, 0.2) is 0 Å². The molecule has 27 heavy (non-hydrogen) atoms. The third-order valence-electron chi connectivity index (χ3n) is 4.09. The molecule has 0 aliphatic carbocycles. The van der Waals surface area contributed by atoms with Crippen molar-refractivity contribution in [3.05, 3.63) is 72.6 Å². The highest BCUT2D eigenvalue weighted by atomic mass is 16.5. The molecule has 2 aromatic heterocycles. The number of nitrogens with one attached hydrogen (secondary N) is 2. The minimum Gasteiger partial charge on any atom is -0.497 e. The Hall–Kier alpha value is -3.74. The molecule has 0 radical (unpaired) electrons. The second-order valence-electron chi connectivity index (χ2n) is 5.89. The van der Waals surface area contributed by atoms with Gasteiger partial charge in [0.1, 0.15) is 5.75 Å². The molecule has 0 fully saturated rings. The zero-order chi connectivity index (χ0) is 18.5. The Kier molecular flexibility index (Phi) is 4.74. The lowest BCUT2D eigenvalue weighted by molar-refractivity contribution is 0.415. The number of hydrogen-bond acceptors (Lipinski definition) is 6. The van der Waals surface area contributed by atoms with Gasteiger partial charge in [-0.2, -0.15) is 10.2 Å². The monoisotopic (exact) mass is 358 g/mol. The molecule has 0 atom stereocenters. The topological polar surface area (TPSA) is 88.6 Å². The molecular formula is C20H18N6O. The summed E-state index contributed by atoms with van der Waals surface area (Å²) in [4.78, 5) is 4.52. The Bertz CT molecular complexity index is 1010. The smallest absolute Gasteiger partial charge is 0.243 e. The number of benzene rings is 2. The van der Waals surface area contributed by atoms with E-state index in [4.69, 9.17) is 4.74 Å². The molecule has 0 spiro atoms. The lowest BCUT2D eigenvalue weighted by Crippen LogP contribution is -2.05. The van der Waals surface area contributed by atoms with E-state index >= 15 is 0 Å². The largest absolute Gasteiger partial charge is 0.497 e. The molecule has 2 aromatic carbocycles. The SMILES string of the molecule is COc1ccc(-c2cnnc(NCc3cc(-c4ccccc4)[nH]n3)n2)cc1. The molecule has 0 aliphatic heterocycles. The summed E-state index contributed by atoms with van der Waals surface area (Å²) in [5.41, 5.74) is 4.61. The zero-order valence-corrected chi connectivity index (χ0v) is 14.8. The van der Waals surface area contributed by atoms with Crippen LogP contribution in [0.1, 0.15) is 5.69 Å². The minimum atomic E-state index is 0.451. The van der Waals surface area contributed by atoms with E-state index in [0.29, 0.717) is 12.5 Å². The van der Waals surface area contributed by atoms with Gasteiger partial charge in [0.2, 0.25) is 5.95 Å². The summed E-state index contributed by atoms with van der Waals surface area (Å²) >= 11 is 0. The number of H-pyrrole nitrogens is 1. The molecule has 134 valence electrons. The van der Waals surface area contributed by atoms with Crippen molar-refractivity contribution in [2.24, 2.45) is 0 Å². The van der Waals surface area contributed by atoms with Crippen LogP contribution in [0.15, 0.2) is 66.9 Å². The first kappa shape index (κ1) is 16.7. The van der Waals surface area contributed by atoms with E-state index in [2.05, 4.69) is 30.7 Å². The Morgan fingerprint density at radius 1 is 1.00 bits per heavy atom. The van der Waals surface area contributed by atoms with E-state index in [-0.39, 0.29) is 0 Å². The van der Waals surface area contributed by atoms with E-state index < -0.39 is 0 Å². The third kappa shape index (κ3) is 3.92. The predicted molar refractivity (Wildman–Crippen MR) is 103 cm³/mol. The summed E-state index contributed by atoms with van der Waals surface area (Å²) in [5.74, 6) is 1.25. The number of nitrogens with zero attached hydrogens (tertiary/aromatic N) is 4. The molecule has 7 nitrogen and oxygen atoms in total. The maximum absolute atomic E-state index is 5.18. The summed E-state index contributed by atoms with van der Waals surface area (Å²) in [6.45, 7) is 0.497. The summed E-state index contributed by atoms with van der Waals surface area (Å²) in [6.07, 6.45) is 1.63. The fourth-order valence-electron chi connectivity index (χ4n) is 2.67. The quantitative estimate of drug-likeness (QED) is 0.548. The van der Waals surface area contributed by atoms with Crippen molar-refractivity contribution in [3.63, 3.8) is 0 Å². The van der Waals surface area contributed by atoms with Gasteiger partial charge in [-0.05, 0) is 35.9 Å². The van der Waals surface area contributed by atoms with Crippen molar-refractivity contribution in [2.45, 2.75) is 6.54 Å². The van der Waals surface area contributed by atoms with Crippen molar-refractivity contribution in [2.75, 3.05) is 12.4 Å². The molecule has 0 amide bonds. The molecule has 0 bridgehead atoms. The van der Waals surface area contributed by atoms with Crippen molar-refractivity contribution in [1.82, 2.24) is 25.4 Å². The fourth-order valence-corrected chi connectivity index (χ4v) is 2.67.